The highest BCUT2D eigenvalue weighted by molar-refractivity contribution is 9.10. The monoisotopic (exact) mass is 325 g/mol. The molecule has 0 saturated carbocycles. The van der Waals surface area contributed by atoms with Crippen molar-refractivity contribution in [2.24, 2.45) is 0 Å². The lowest BCUT2D eigenvalue weighted by atomic mass is 10.3. The van der Waals surface area contributed by atoms with E-state index in [9.17, 15) is 4.79 Å². The highest BCUT2D eigenvalue weighted by Crippen LogP contribution is 2.17. The number of hydrogen-bond donors (Lipinski definition) is 0. The van der Waals surface area contributed by atoms with Crippen molar-refractivity contribution >= 4 is 21.9 Å². The first-order valence-corrected chi connectivity index (χ1v) is 6.48. The second-order valence-corrected chi connectivity index (χ2v) is 4.51. The molecule has 2 rings (SSSR count). The third-order valence-electron chi connectivity index (χ3n) is 2.21. The van der Waals surface area contributed by atoms with Crippen molar-refractivity contribution in [3.8, 4) is 5.75 Å². The molecule has 0 spiro atoms. The van der Waals surface area contributed by atoms with Crippen molar-refractivity contribution in [1.29, 1.82) is 0 Å². The number of aromatic nitrogens is 1. The molecule has 0 atom stereocenters. The van der Waals surface area contributed by atoms with Crippen LogP contribution in [0.15, 0.2) is 39.4 Å². The lowest BCUT2D eigenvalue weighted by molar-refractivity contribution is 0.0519. The summed E-state index contributed by atoms with van der Waals surface area (Å²) < 4.78 is 16.4. The van der Waals surface area contributed by atoms with Gasteiger partial charge in [-0.25, -0.2) is 9.78 Å². The molecule has 0 aliphatic heterocycles. The summed E-state index contributed by atoms with van der Waals surface area (Å²) in [5, 5.41) is 0. The number of hydrogen-bond acceptors (Lipinski definition) is 5. The predicted octanol–water partition coefficient (Wildman–Crippen LogP) is 3.19. The molecule has 0 unspecified atom stereocenters. The van der Waals surface area contributed by atoms with E-state index in [4.69, 9.17) is 13.9 Å². The van der Waals surface area contributed by atoms with Gasteiger partial charge in [-0.05, 0) is 31.2 Å². The first kappa shape index (κ1) is 13.6. The van der Waals surface area contributed by atoms with Crippen molar-refractivity contribution in [2.45, 2.75) is 13.5 Å². The van der Waals surface area contributed by atoms with Gasteiger partial charge in [-0.1, -0.05) is 15.9 Å². The summed E-state index contributed by atoms with van der Waals surface area (Å²) in [6, 6.07) is 7.38. The third kappa shape index (κ3) is 3.82. The molecule has 0 bridgehead atoms. The Morgan fingerprint density at radius 1 is 1.37 bits per heavy atom. The molecule has 0 aliphatic rings. The number of halogens is 1. The second-order valence-electron chi connectivity index (χ2n) is 3.59. The van der Waals surface area contributed by atoms with E-state index < -0.39 is 5.97 Å². The third-order valence-corrected chi connectivity index (χ3v) is 2.74. The van der Waals surface area contributed by atoms with Gasteiger partial charge in [-0.3, -0.25) is 0 Å². The van der Waals surface area contributed by atoms with Crippen LogP contribution in [0.2, 0.25) is 0 Å². The van der Waals surface area contributed by atoms with Crippen LogP contribution in [0.5, 0.6) is 5.75 Å². The zero-order valence-corrected chi connectivity index (χ0v) is 11.8. The average molecular weight is 326 g/mol. The minimum atomic E-state index is -0.499. The van der Waals surface area contributed by atoms with E-state index in [0.29, 0.717) is 18.2 Å². The number of oxazole rings is 1. The van der Waals surface area contributed by atoms with Crippen molar-refractivity contribution in [2.75, 3.05) is 6.61 Å². The number of ether oxygens (including phenoxy) is 2. The average Bonchev–Trinajstić information content (AvgIpc) is 2.87. The smallest absolute Gasteiger partial charge is 0.360 e. The maximum absolute atomic E-state index is 11.4. The molecule has 0 amide bonds. The summed E-state index contributed by atoms with van der Waals surface area (Å²) in [7, 11) is 0. The maximum Gasteiger partial charge on any atom is 0.360 e. The Labute approximate surface area is 118 Å². The van der Waals surface area contributed by atoms with Gasteiger partial charge < -0.3 is 13.9 Å². The molecule has 19 heavy (non-hydrogen) atoms. The van der Waals surface area contributed by atoms with E-state index in [1.807, 2.05) is 24.3 Å². The van der Waals surface area contributed by atoms with Crippen LogP contribution in [0.3, 0.4) is 0 Å². The number of carbonyl (C=O) groups excluding carboxylic acids is 1. The Kier molecular flexibility index (Phi) is 4.57. The fraction of sp³-hybridized carbons (Fsp3) is 0.231. The molecule has 0 N–H and O–H groups in total. The first-order valence-electron chi connectivity index (χ1n) is 5.69. The lowest BCUT2D eigenvalue weighted by Gasteiger charge is -2.02. The fourth-order valence-corrected chi connectivity index (χ4v) is 1.62. The van der Waals surface area contributed by atoms with Gasteiger partial charge in [0.2, 0.25) is 5.89 Å². The Morgan fingerprint density at radius 2 is 2.11 bits per heavy atom. The van der Waals surface area contributed by atoms with E-state index in [1.54, 1.807) is 6.92 Å². The van der Waals surface area contributed by atoms with Crippen LogP contribution in [0.25, 0.3) is 0 Å². The van der Waals surface area contributed by atoms with Crippen molar-refractivity contribution < 1.29 is 18.7 Å². The largest absolute Gasteiger partial charge is 0.484 e. The molecular weight excluding hydrogens is 314 g/mol. The zero-order valence-electron chi connectivity index (χ0n) is 10.3. The number of carbonyl (C=O) groups is 1. The van der Waals surface area contributed by atoms with Crippen molar-refractivity contribution in [1.82, 2.24) is 4.98 Å². The van der Waals surface area contributed by atoms with Crippen molar-refractivity contribution in [3.05, 3.63) is 46.6 Å². The summed E-state index contributed by atoms with van der Waals surface area (Å²) >= 11 is 3.34. The predicted molar refractivity (Wildman–Crippen MR) is 70.9 cm³/mol. The summed E-state index contributed by atoms with van der Waals surface area (Å²) in [6.45, 7) is 2.19. The Hall–Kier alpha value is -1.82. The standard InChI is InChI=1S/C13H12BrNO4/c1-2-17-13(16)11-7-19-12(15-11)8-18-10-5-3-9(14)4-6-10/h3-7H,2,8H2,1H3. The van der Waals surface area contributed by atoms with E-state index in [2.05, 4.69) is 20.9 Å². The number of rotatable bonds is 5. The van der Waals surface area contributed by atoms with E-state index in [0.717, 1.165) is 4.47 Å². The molecule has 2 aromatic rings. The molecule has 100 valence electrons. The molecule has 5 nitrogen and oxygen atoms in total. The minimum absolute atomic E-state index is 0.149. The van der Waals surface area contributed by atoms with Crippen molar-refractivity contribution in [3.63, 3.8) is 0 Å². The molecule has 1 aromatic carbocycles. The topological polar surface area (TPSA) is 61.6 Å². The zero-order chi connectivity index (χ0) is 13.7. The Balaban J connectivity index is 1.93. The summed E-state index contributed by atoms with van der Waals surface area (Å²) in [6.07, 6.45) is 1.26. The van der Waals surface area contributed by atoms with Gasteiger partial charge in [0.15, 0.2) is 12.3 Å². The molecule has 0 fully saturated rings. The molecule has 0 saturated heterocycles. The van der Waals surface area contributed by atoms with Gasteiger partial charge in [0.25, 0.3) is 0 Å². The van der Waals surface area contributed by atoms with Crippen LogP contribution >= 0.6 is 15.9 Å². The highest BCUT2D eigenvalue weighted by Gasteiger charge is 2.13. The molecule has 0 radical (unpaired) electrons. The van der Waals surface area contributed by atoms with Crippen LogP contribution in [0.1, 0.15) is 23.3 Å². The Morgan fingerprint density at radius 3 is 2.79 bits per heavy atom. The normalized spacial score (nSPS) is 10.2. The highest BCUT2D eigenvalue weighted by atomic mass is 79.9. The molecule has 1 heterocycles. The molecule has 6 heteroatoms. The fourth-order valence-electron chi connectivity index (χ4n) is 1.35. The van der Waals surface area contributed by atoms with Crippen LogP contribution < -0.4 is 4.74 Å². The van der Waals surface area contributed by atoms with E-state index in [1.165, 1.54) is 6.26 Å². The minimum Gasteiger partial charge on any atom is -0.484 e. The summed E-state index contributed by atoms with van der Waals surface area (Å²) in [5.74, 6) is 0.520. The summed E-state index contributed by atoms with van der Waals surface area (Å²) in [4.78, 5) is 15.4. The quantitative estimate of drug-likeness (QED) is 0.790. The van der Waals surface area contributed by atoms with Gasteiger partial charge in [-0.15, -0.1) is 0 Å². The van der Waals surface area contributed by atoms with Crippen LogP contribution in [0.4, 0.5) is 0 Å². The van der Waals surface area contributed by atoms with Gasteiger partial charge in [0.05, 0.1) is 6.61 Å². The number of benzene rings is 1. The van der Waals surface area contributed by atoms with E-state index >= 15 is 0 Å². The van der Waals surface area contributed by atoms with Gasteiger partial charge in [-0.2, -0.15) is 0 Å². The number of esters is 1. The molecule has 0 aliphatic carbocycles. The van der Waals surface area contributed by atoms with Gasteiger partial charge in [0, 0.05) is 4.47 Å². The maximum atomic E-state index is 11.4. The SMILES string of the molecule is CCOC(=O)c1coc(COc2ccc(Br)cc2)n1. The lowest BCUT2D eigenvalue weighted by Crippen LogP contribution is -2.05. The van der Waals surface area contributed by atoms with Crippen LogP contribution in [-0.2, 0) is 11.3 Å². The number of nitrogens with zero attached hydrogens (tertiary/aromatic N) is 1. The Bertz CT molecular complexity index is 550. The molecular formula is C13H12BrNO4. The van der Waals surface area contributed by atoms with Gasteiger partial charge in [0.1, 0.15) is 12.0 Å². The second kappa shape index (κ2) is 6.38. The van der Waals surface area contributed by atoms with Gasteiger partial charge >= 0.3 is 5.97 Å². The van der Waals surface area contributed by atoms with E-state index in [-0.39, 0.29) is 12.3 Å². The first-order chi connectivity index (χ1) is 9.19. The summed E-state index contributed by atoms with van der Waals surface area (Å²) in [5.41, 5.74) is 0.149. The van der Waals surface area contributed by atoms with Crippen LogP contribution in [-0.4, -0.2) is 17.6 Å². The van der Waals surface area contributed by atoms with Crippen LogP contribution in [0, 0.1) is 0 Å². The molecule has 1 aromatic heterocycles.